The summed E-state index contributed by atoms with van der Waals surface area (Å²) in [6.07, 6.45) is 0. The number of benzene rings is 2. The number of anilines is 1. The van der Waals surface area contributed by atoms with E-state index in [0.29, 0.717) is 11.3 Å². The van der Waals surface area contributed by atoms with Crippen LogP contribution in [0.1, 0.15) is 26.4 Å². The van der Waals surface area contributed by atoms with Gasteiger partial charge >= 0.3 is 5.97 Å². The average molecular weight is 394 g/mol. The van der Waals surface area contributed by atoms with Crippen LogP contribution in [-0.2, 0) is 16.1 Å². The highest BCUT2D eigenvalue weighted by molar-refractivity contribution is 6.00. The van der Waals surface area contributed by atoms with Crippen LogP contribution in [0.5, 0.6) is 0 Å². The predicted molar refractivity (Wildman–Crippen MR) is 101 cm³/mol. The van der Waals surface area contributed by atoms with Crippen LogP contribution >= 0.6 is 0 Å². The van der Waals surface area contributed by atoms with E-state index in [1.807, 2.05) is 0 Å². The standard InChI is InChI=1S/C20H17N3O6/c1-11-7-8-12(20(28)29-2)9-15(11)21-16(24)10-23-18(25)14-6-4-3-5-13(14)17(22-23)19(26)27/h3-9H,10H2,1-2H3,(H,21,24)(H,26,27)/p-1. The van der Waals surface area contributed by atoms with E-state index in [9.17, 15) is 24.3 Å². The molecular formula is C20H16N3O6-. The lowest BCUT2D eigenvalue weighted by Crippen LogP contribution is -2.34. The number of carboxylic acid groups (broad SMARTS) is 1. The Morgan fingerprint density at radius 1 is 1.14 bits per heavy atom. The SMILES string of the molecule is COC(=O)c1ccc(C)c(NC(=O)Cn2nc(C(=O)[O-])c3ccccc3c2=O)c1. The highest BCUT2D eigenvalue weighted by Crippen LogP contribution is 2.18. The van der Waals surface area contributed by atoms with E-state index in [1.54, 1.807) is 31.2 Å². The number of hydrogen-bond donors (Lipinski definition) is 1. The first kappa shape index (κ1) is 19.7. The predicted octanol–water partition coefficient (Wildman–Crippen LogP) is 0.494. The third-order valence-corrected chi connectivity index (χ3v) is 4.29. The first-order valence-corrected chi connectivity index (χ1v) is 8.52. The third-order valence-electron chi connectivity index (χ3n) is 4.29. The van der Waals surface area contributed by atoms with Crippen LogP contribution in [0.4, 0.5) is 5.69 Å². The summed E-state index contributed by atoms with van der Waals surface area (Å²) in [5.41, 5.74) is 0.235. The van der Waals surface area contributed by atoms with Crippen molar-refractivity contribution in [2.75, 3.05) is 12.4 Å². The largest absolute Gasteiger partial charge is 0.543 e. The summed E-state index contributed by atoms with van der Waals surface area (Å²) in [5, 5.41) is 18.0. The molecule has 0 aliphatic carbocycles. The summed E-state index contributed by atoms with van der Waals surface area (Å²) < 4.78 is 5.42. The Hall–Kier alpha value is -4.01. The maximum absolute atomic E-state index is 12.6. The molecule has 2 aromatic carbocycles. The van der Waals surface area contributed by atoms with Crippen molar-refractivity contribution in [3.63, 3.8) is 0 Å². The molecule has 1 heterocycles. The minimum Gasteiger partial charge on any atom is -0.543 e. The Balaban J connectivity index is 1.93. The number of amides is 1. The molecule has 3 rings (SSSR count). The van der Waals surface area contributed by atoms with Crippen molar-refractivity contribution in [1.29, 1.82) is 0 Å². The second-order valence-electron chi connectivity index (χ2n) is 6.21. The smallest absolute Gasteiger partial charge is 0.337 e. The molecule has 0 saturated heterocycles. The molecule has 0 radical (unpaired) electrons. The van der Waals surface area contributed by atoms with Gasteiger partial charge in [0, 0.05) is 11.1 Å². The molecule has 0 aliphatic heterocycles. The average Bonchev–Trinajstić information content (AvgIpc) is 2.71. The lowest BCUT2D eigenvalue weighted by atomic mass is 10.1. The zero-order valence-corrected chi connectivity index (χ0v) is 15.6. The lowest BCUT2D eigenvalue weighted by molar-refractivity contribution is -0.255. The summed E-state index contributed by atoms with van der Waals surface area (Å²) in [4.78, 5) is 48.1. The van der Waals surface area contributed by atoms with E-state index in [4.69, 9.17) is 0 Å². The van der Waals surface area contributed by atoms with E-state index in [0.717, 1.165) is 4.68 Å². The van der Waals surface area contributed by atoms with E-state index < -0.39 is 35.6 Å². The number of carboxylic acids is 1. The van der Waals surface area contributed by atoms with Crippen LogP contribution in [0.2, 0.25) is 0 Å². The molecule has 0 saturated carbocycles. The second kappa shape index (κ2) is 7.93. The van der Waals surface area contributed by atoms with Gasteiger partial charge in [-0.2, -0.15) is 5.10 Å². The summed E-state index contributed by atoms with van der Waals surface area (Å²) in [6, 6.07) is 10.7. The minimum absolute atomic E-state index is 0.110. The van der Waals surface area contributed by atoms with Crippen LogP contribution in [0.3, 0.4) is 0 Å². The Kier molecular flexibility index (Phi) is 5.40. The molecule has 1 aromatic heterocycles. The van der Waals surface area contributed by atoms with Gasteiger partial charge in [-0.1, -0.05) is 24.3 Å². The number of aryl methyl sites for hydroxylation is 1. The number of carbonyl (C=O) groups excluding carboxylic acids is 3. The number of rotatable bonds is 5. The van der Waals surface area contributed by atoms with Crippen LogP contribution in [0, 0.1) is 6.92 Å². The second-order valence-corrected chi connectivity index (χ2v) is 6.21. The molecule has 0 atom stereocenters. The molecule has 1 N–H and O–H groups in total. The first-order chi connectivity index (χ1) is 13.8. The molecule has 0 aliphatic rings. The van der Waals surface area contributed by atoms with Crippen molar-refractivity contribution in [2.24, 2.45) is 0 Å². The van der Waals surface area contributed by atoms with Crippen molar-refractivity contribution < 1.29 is 24.2 Å². The molecule has 0 bridgehead atoms. The fourth-order valence-corrected chi connectivity index (χ4v) is 2.82. The number of ether oxygens (including phenoxy) is 1. The van der Waals surface area contributed by atoms with Gasteiger partial charge in [-0.05, 0) is 30.7 Å². The lowest BCUT2D eigenvalue weighted by Gasteiger charge is -2.13. The quantitative estimate of drug-likeness (QED) is 0.623. The number of methoxy groups -OCH3 is 1. The molecule has 9 nitrogen and oxygen atoms in total. The molecule has 1 amide bonds. The summed E-state index contributed by atoms with van der Waals surface area (Å²) >= 11 is 0. The molecular weight excluding hydrogens is 378 g/mol. The molecule has 0 spiro atoms. The number of carbonyl (C=O) groups is 3. The number of hydrogen-bond acceptors (Lipinski definition) is 7. The zero-order chi connectivity index (χ0) is 21.1. The van der Waals surface area contributed by atoms with Gasteiger partial charge in [0.15, 0.2) is 0 Å². The summed E-state index contributed by atoms with van der Waals surface area (Å²) in [6.45, 7) is 1.21. The highest BCUT2D eigenvalue weighted by atomic mass is 16.5. The van der Waals surface area contributed by atoms with Gasteiger partial charge < -0.3 is 20.0 Å². The van der Waals surface area contributed by atoms with Gasteiger partial charge in [0.05, 0.1) is 24.0 Å². The summed E-state index contributed by atoms with van der Waals surface area (Å²) in [5.74, 6) is -2.74. The van der Waals surface area contributed by atoms with E-state index in [-0.39, 0.29) is 16.3 Å². The van der Waals surface area contributed by atoms with Crippen molar-refractivity contribution in [3.05, 3.63) is 69.6 Å². The van der Waals surface area contributed by atoms with Gasteiger partial charge in [-0.3, -0.25) is 9.59 Å². The first-order valence-electron chi connectivity index (χ1n) is 8.52. The molecule has 3 aromatic rings. The number of aromatic nitrogens is 2. The molecule has 148 valence electrons. The molecule has 29 heavy (non-hydrogen) atoms. The fourth-order valence-electron chi connectivity index (χ4n) is 2.82. The van der Waals surface area contributed by atoms with E-state index >= 15 is 0 Å². The van der Waals surface area contributed by atoms with Crippen LogP contribution in [-0.4, -0.2) is 34.7 Å². The van der Waals surface area contributed by atoms with Crippen LogP contribution in [0.15, 0.2) is 47.3 Å². The van der Waals surface area contributed by atoms with Crippen molar-refractivity contribution >= 4 is 34.3 Å². The van der Waals surface area contributed by atoms with Gasteiger partial charge in [0.1, 0.15) is 12.2 Å². The zero-order valence-electron chi connectivity index (χ0n) is 15.6. The maximum Gasteiger partial charge on any atom is 0.337 e. The third kappa shape index (κ3) is 3.98. The molecule has 0 unspecified atom stereocenters. The van der Waals surface area contributed by atoms with Gasteiger partial charge in [0.2, 0.25) is 5.91 Å². The highest BCUT2D eigenvalue weighted by Gasteiger charge is 2.15. The number of nitrogens with one attached hydrogen (secondary N) is 1. The number of aromatic carboxylic acids is 1. The topological polar surface area (TPSA) is 130 Å². The van der Waals surface area contributed by atoms with Crippen molar-refractivity contribution in [1.82, 2.24) is 9.78 Å². The monoisotopic (exact) mass is 394 g/mol. The van der Waals surface area contributed by atoms with Crippen molar-refractivity contribution in [2.45, 2.75) is 13.5 Å². The Morgan fingerprint density at radius 3 is 2.48 bits per heavy atom. The van der Waals surface area contributed by atoms with E-state index in [2.05, 4.69) is 15.2 Å². The number of esters is 1. The van der Waals surface area contributed by atoms with E-state index in [1.165, 1.54) is 25.3 Å². The van der Waals surface area contributed by atoms with Gasteiger partial charge in [-0.15, -0.1) is 0 Å². The Labute approximate surface area is 164 Å². The number of fused-ring (bicyclic) bond motifs is 1. The van der Waals surface area contributed by atoms with Crippen LogP contribution in [0.25, 0.3) is 10.8 Å². The Bertz CT molecular complexity index is 1200. The van der Waals surface area contributed by atoms with Gasteiger partial charge in [0.25, 0.3) is 5.56 Å². The van der Waals surface area contributed by atoms with Gasteiger partial charge in [-0.25, -0.2) is 9.48 Å². The minimum atomic E-state index is -1.56. The fraction of sp³-hybridized carbons (Fsp3) is 0.150. The Morgan fingerprint density at radius 2 is 1.83 bits per heavy atom. The number of nitrogens with zero attached hydrogens (tertiary/aromatic N) is 2. The van der Waals surface area contributed by atoms with Crippen LogP contribution < -0.4 is 16.0 Å². The maximum atomic E-state index is 12.6. The van der Waals surface area contributed by atoms with Crippen molar-refractivity contribution in [3.8, 4) is 0 Å². The normalized spacial score (nSPS) is 10.6. The summed E-state index contributed by atoms with van der Waals surface area (Å²) in [7, 11) is 1.24. The molecule has 9 heteroatoms. The molecule has 0 fully saturated rings.